The zero-order valence-electron chi connectivity index (χ0n) is 30.1. The Hall–Kier alpha value is -4.91. The summed E-state index contributed by atoms with van der Waals surface area (Å²) < 4.78 is 11.6. The van der Waals surface area contributed by atoms with Crippen LogP contribution >= 0.6 is 0 Å². The van der Waals surface area contributed by atoms with E-state index in [1.54, 1.807) is 4.90 Å². The Labute approximate surface area is 298 Å². The fourth-order valence-electron chi connectivity index (χ4n) is 5.78. The normalized spacial score (nSPS) is 12.5. The van der Waals surface area contributed by atoms with E-state index in [-0.39, 0.29) is 31.5 Å². The van der Waals surface area contributed by atoms with Gasteiger partial charge >= 0.3 is 18.0 Å². The van der Waals surface area contributed by atoms with E-state index in [1.165, 1.54) is 5.56 Å². The first kappa shape index (κ1) is 37.9. The second kappa shape index (κ2) is 18.7. The van der Waals surface area contributed by atoms with Crippen molar-refractivity contribution in [1.29, 1.82) is 0 Å². The molecule has 0 aliphatic heterocycles. The van der Waals surface area contributed by atoms with Crippen LogP contribution in [0.25, 0.3) is 11.1 Å². The summed E-state index contributed by atoms with van der Waals surface area (Å²) in [5, 5.41) is 2.99. The molecule has 4 aromatic rings. The summed E-state index contributed by atoms with van der Waals surface area (Å²) in [4.78, 5) is 42.9. The SMILES string of the molecule is CC(C)CN(CC(CCCc1ccccc1)C(=O)OC(C)(C)C)C(=O)N[C@@H](Cc1ccc(-c2ccccc2)cc1)C(=O)OCc1ccccc1. The minimum atomic E-state index is -0.943. The molecule has 0 bridgehead atoms. The Bertz CT molecular complexity index is 1620. The van der Waals surface area contributed by atoms with Crippen molar-refractivity contribution >= 4 is 18.0 Å². The molecule has 7 heteroatoms. The molecule has 4 aromatic carbocycles. The lowest BCUT2D eigenvalue weighted by atomic mass is 9.98. The maximum absolute atomic E-state index is 14.1. The van der Waals surface area contributed by atoms with Gasteiger partial charge in [0.25, 0.3) is 0 Å². The molecule has 0 spiro atoms. The fourth-order valence-corrected chi connectivity index (χ4v) is 5.78. The number of rotatable bonds is 16. The van der Waals surface area contributed by atoms with E-state index in [2.05, 4.69) is 29.6 Å². The second-order valence-corrected chi connectivity index (χ2v) is 14.3. The van der Waals surface area contributed by atoms with Gasteiger partial charge in [-0.2, -0.15) is 0 Å². The topological polar surface area (TPSA) is 84.9 Å². The van der Waals surface area contributed by atoms with Crippen LogP contribution in [0.3, 0.4) is 0 Å². The molecule has 50 heavy (non-hydrogen) atoms. The minimum absolute atomic E-state index is 0.0941. The Kier molecular flexibility index (Phi) is 14.2. The number of benzene rings is 4. The molecular weight excluding hydrogens is 624 g/mol. The Morgan fingerprint density at radius 2 is 1.24 bits per heavy atom. The first-order valence-electron chi connectivity index (χ1n) is 17.6. The number of amides is 2. The van der Waals surface area contributed by atoms with Crippen LogP contribution < -0.4 is 5.32 Å². The van der Waals surface area contributed by atoms with E-state index < -0.39 is 29.6 Å². The highest BCUT2D eigenvalue weighted by Gasteiger charge is 2.31. The highest BCUT2D eigenvalue weighted by Crippen LogP contribution is 2.22. The van der Waals surface area contributed by atoms with Crippen molar-refractivity contribution in [2.24, 2.45) is 11.8 Å². The van der Waals surface area contributed by atoms with Crippen LogP contribution in [0.5, 0.6) is 0 Å². The minimum Gasteiger partial charge on any atom is -0.460 e. The lowest BCUT2D eigenvalue weighted by Crippen LogP contribution is -2.52. The number of nitrogens with zero attached hydrogens (tertiary/aromatic N) is 1. The quantitative estimate of drug-likeness (QED) is 0.120. The van der Waals surface area contributed by atoms with Gasteiger partial charge in [0.15, 0.2) is 0 Å². The van der Waals surface area contributed by atoms with Crippen molar-refractivity contribution in [1.82, 2.24) is 10.2 Å². The number of hydrogen-bond donors (Lipinski definition) is 1. The number of ether oxygens (including phenoxy) is 2. The van der Waals surface area contributed by atoms with Crippen LogP contribution in [0.15, 0.2) is 115 Å². The molecule has 0 saturated heterocycles. The molecule has 264 valence electrons. The van der Waals surface area contributed by atoms with E-state index in [9.17, 15) is 14.4 Å². The maximum Gasteiger partial charge on any atom is 0.329 e. The molecule has 1 unspecified atom stereocenters. The molecule has 0 heterocycles. The van der Waals surface area contributed by atoms with Crippen LogP contribution in [0.1, 0.15) is 64.2 Å². The van der Waals surface area contributed by atoms with E-state index in [0.717, 1.165) is 35.1 Å². The summed E-state index contributed by atoms with van der Waals surface area (Å²) in [5.74, 6) is -1.26. The van der Waals surface area contributed by atoms with Crippen LogP contribution in [0.2, 0.25) is 0 Å². The molecule has 2 amide bonds. The third-order valence-corrected chi connectivity index (χ3v) is 8.22. The summed E-state index contributed by atoms with van der Waals surface area (Å²) >= 11 is 0. The van der Waals surface area contributed by atoms with Gasteiger partial charge in [-0.25, -0.2) is 9.59 Å². The number of esters is 2. The Morgan fingerprint density at radius 1 is 0.680 bits per heavy atom. The predicted molar refractivity (Wildman–Crippen MR) is 199 cm³/mol. The molecule has 0 aliphatic carbocycles. The zero-order valence-corrected chi connectivity index (χ0v) is 30.1. The molecule has 0 aliphatic rings. The maximum atomic E-state index is 14.1. The summed E-state index contributed by atoms with van der Waals surface area (Å²) in [5.41, 5.74) is 4.43. The van der Waals surface area contributed by atoms with E-state index in [4.69, 9.17) is 9.47 Å². The lowest BCUT2D eigenvalue weighted by molar-refractivity contribution is -0.160. The molecule has 0 radical (unpaired) electrons. The number of nitrogens with one attached hydrogen (secondary N) is 1. The smallest absolute Gasteiger partial charge is 0.329 e. The lowest BCUT2D eigenvalue weighted by Gasteiger charge is -2.31. The molecular formula is C43H52N2O5. The van der Waals surface area contributed by atoms with Crippen LogP contribution in [0.4, 0.5) is 4.79 Å². The molecule has 0 fully saturated rings. The number of urea groups is 1. The number of carbonyl (C=O) groups is 3. The van der Waals surface area contributed by atoms with Gasteiger partial charge in [0.05, 0.1) is 5.92 Å². The van der Waals surface area contributed by atoms with Crippen molar-refractivity contribution in [2.45, 2.75) is 78.6 Å². The molecule has 0 aromatic heterocycles. The first-order chi connectivity index (χ1) is 24.0. The van der Waals surface area contributed by atoms with Crippen molar-refractivity contribution in [2.75, 3.05) is 13.1 Å². The molecule has 4 rings (SSSR count). The van der Waals surface area contributed by atoms with Gasteiger partial charge in [-0.15, -0.1) is 0 Å². The van der Waals surface area contributed by atoms with E-state index in [1.807, 2.05) is 126 Å². The van der Waals surface area contributed by atoms with Crippen molar-refractivity contribution in [3.05, 3.63) is 132 Å². The van der Waals surface area contributed by atoms with Crippen LogP contribution in [0, 0.1) is 11.8 Å². The predicted octanol–water partition coefficient (Wildman–Crippen LogP) is 8.66. The molecule has 2 atom stereocenters. The summed E-state index contributed by atoms with van der Waals surface area (Å²) in [6.45, 7) is 10.3. The van der Waals surface area contributed by atoms with Gasteiger partial charge in [0, 0.05) is 19.5 Å². The zero-order chi connectivity index (χ0) is 35.9. The number of hydrogen-bond acceptors (Lipinski definition) is 5. The highest BCUT2D eigenvalue weighted by atomic mass is 16.6. The average molecular weight is 677 g/mol. The molecule has 0 saturated carbocycles. The Morgan fingerprint density at radius 3 is 1.82 bits per heavy atom. The third-order valence-electron chi connectivity index (χ3n) is 8.22. The average Bonchev–Trinajstić information content (AvgIpc) is 3.10. The van der Waals surface area contributed by atoms with E-state index in [0.29, 0.717) is 13.0 Å². The van der Waals surface area contributed by atoms with Gasteiger partial charge in [-0.1, -0.05) is 129 Å². The van der Waals surface area contributed by atoms with Gasteiger partial charge < -0.3 is 19.7 Å². The molecule has 1 N–H and O–H groups in total. The monoisotopic (exact) mass is 676 g/mol. The van der Waals surface area contributed by atoms with Crippen molar-refractivity contribution in [3.8, 4) is 11.1 Å². The third kappa shape index (κ3) is 12.8. The summed E-state index contributed by atoms with van der Waals surface area (Å²) in [6, 6.07) is 36.3. The largest absolute Gasteiger partial charge is 0.460 e. The molecule has 7 nitrogen and oxygen atoms in total. The second-order valence-electron chi connectivity index (χ2n) is 14.3. The summed E-state index contributed by atoms with van der Waals surface area (Å²) in [6.07, 6.45) is 2.38. The van der Waals surface area contributed by atoms with Gasteiger partial charge in [-0.3, -0.25) is 4.79 Å². The van der Waals surface area contributed by atoms with Crippen molar-refractivity contribution < 1.29 is 23.9 Å². The summed E-state index contributed by atoms with van der Waals surface area (Å²) in [7, 11) is 0. The number of aryl methyl sites for hydroxylation is 1. The van der Waals surface area contributed by atoms with Gasteiger partial charge in [-0.05, 0) is 73.8 Å². The standard InChI is InChI=1S/C43H52N2O5/c1-32(2)29-45(30-38(40(46)50-43(3,4)5)23-15-20-33-16-9-6-10-17-33)42(48)44-39(41(47)49-31-35-18-11-7-12-19-35)28-34-24-26-37(27-25-34)36-21-13-8-14-22-36/h6-14,16-19,21-22,24-27,32,38-39H,15,20,23,28-31H2,1-5H3,(H,44,48)/t38?,39-/m0/s1. The highest BCUT2D eigenvalue weighted by molar-refractivity contribution is 5.84. The Balaban J connectivity index is 1.53. The van der Waals surface area contributed by atoms with Crippen LogP contribution in [-0.4, -0.2) is 47.6 Å². The van der Waals surface area contributed by atoms with E-state index >= 15 is 0 Å². The van der Waals surface area contributed by atoms with Crippen molar-refractivity contribution in [3.63, 3.8) is 0 Å². The van der Waals surface area contributed by atoms with Gasteiger partial charge in [0.1, 0.15) is 18.2 Å². The fraction of sp³-hybridized carbons (Fsp3) is 0.372. The van der Waals surface area contributed by atoms with Crippen LogP contribution in [-0.2, 0) is 38.5 Å². The number of carbonyl (C=O) groups excluding carboxylic acids is 3. The first-order valence-corrected chi connectivity index (χ1v) is 17.6. The van der Waals surface area contributed by atoms with Gasteiger partial charge in [0.2, 0.25) is 0 Å².